The number of aromatic amines is 1. The minimum Gasteiger partial charge on any atom is -0.508 e. The lowest BCUT2D eigenvalue weighted by Gasteiger charge is -2.27. The monoisotopic (exact) mass is 629 g/mol. The van der Waals surface area contributed by atoms with Crippen molar-refractivity contribution in [1.29, 1.82) is 0 Å². The summed E-state index contributed by atoms with van der Waals surface area (Å²) >= 11 is 0. The molecule has 0 fully saturated rings. The number of hydrogen-bond acceptors (Lipinski definition) is 7. The van der Waals surface area contributed by atoms with Crippen LogP contribution in [0.15, 0.2) is 79.0 Å². The van der Waals surface area contributed by atoms with Crippen LogP contribution < -0.4 is 21.7 Å². The number of carbonyl (C=O) groups excluding carboxylic acids is 3. The number of nitrogens with two attached hydrogens (primary N) is 1. The van der Waals surface area contributed by atoms with Crippen molar-refractivity contribution in [1.82, 2.24) is 20.9 Å². The predicted octanol–water partition coefficient (Wildman–Crippen LogP) is 2.13. The van der Waals surface area contributed by atoms with Crippen molar-refractivity contribution in [3.05, 3.63) is 95.7 Å². The Morgan fingerprint density at radius 1 is 0.717 bits per heavy atom. The Balaban J connectivity index is 1.50. The first kappa shape index (κ1) is 33.5. The number of nitrogens with one attached hydrogen (secondary N) is 4. The van der Waals surface area contributed by atoms with E-state index >= 15 is 0 Å². The number of hydrogen-bond donors (Lipinski definition) is 8. The number of aliphatic carboxylic acids is 1. The van der Waals surface area contributed by atoms with Gasteiger partial charge in [0, 0.05) is 29.9 Å². The summed E-state index contributed by atoms with van der Waals surface area (Å²) in [5.74, 6) is -3.50. The molecule has 242 valence electrons. The molecule has 0 saturated heterocycles. The molecule has 0 aliphatic rings. The Kier molecular flexibility index (Phi) is 11.0. The number of aromatic nitrogens is 1. The fourth-order valence-electron chi connectivity index (χ4n) is 5.11. The summed E-state index contributed by atoms with van der Waals surface area (Å²) in [5, 5.41) is 38.0. The normalized spacial score (nSPS) is 13.8. The van der Waals surface area contributed by atoms with E-state index in [0.717, 1.165) is 16.5 Å². The average Bonchev–Trinajstić information content (AvgIpc) is 3.43. The SMILES string of the molecule is CC(C)C(NC(=O)C(N)Cc1ccc(O)cc1)C(=O)NC(Cc1ccc(O)cc1)C(=O)NC(Cc1c[nH]c2ccccc12)C(=O)O. The number of benzene rings is 3. The van der Waals surface area contributed by atoms with E-state index in [2.05, 4.69) is 20.9 Å². The van der Waals surface area contributed by atoms with Crippen LogP contribution in [0.5, 0.6) is 11.5 Å². The van der Waals surface area contributed by atoms with Crippen molar-refractivity contribution in [2.24, 2.45) is 11.7 Å². The van der Waals surface area contributed by atoms with Gasteiger partial charge in [-0.15, -0.1) is 0 Å². The lowest BCUT2D eigenvalue weighted by atomic mass is 9.99. The number of carboxylic acid groups (broad SMARTS) is 1. The number of phenolic OH excluding ortho intramolecular Hbond substituents is 2. The van der Waals surface area contributed by atoms with Gasteiger partial charge in [0.1, 0.15) is 29.6 Å². The summed E-state index contributed by atoms with van der Waals surface area (Å²) in [6.45, 7) is 3.46. The molecule has 0 radical (unpaired) electrons. The Labute approximate surface area is 266 Å². The van der Waals surface area contributed by atoms with Gasteiger partial charge in [-0.2, -0.15) is 0 Å². The molecule has 4 rings (SSSR count). The molecule has 0 spiro atoms. The molecular formula is C34H39N5O7. The van der Waals surface area contributed by atoms with Gasteiger partial charge in [-0.3, -0.25) is 14.4 Å². The lowest BCUT2D eigenvalue weighted by Crippen LogP contribution is -2.59. The summed E-state index contributed by atoms with van der Waals surface area (Å²) in [4.78, 5) is 55.6. The third-order valence-electron chi connectivity index (χ3n) is 7.70. The van der Waals surface area contributed by atoms with Gasteiger partial charge >= 0.3 is 5.97 Å². The highest BCUT2D eigenvalue weighted by Gasteiger charge is 2.32. The second kappa shape index (κ2) is 15.1. The van der Waals surface area contributed by atoms with E-state index in [1.807, 2.05) is 24.3 Å². The van der Waals surface area contributed by atoms with Crippen LogP contribution in [0.25, 0.3) is 10.9 Å². The predicted molar refractivity (Wildman–Crippen MR) is 172 cm³/mol. The summed E-state index contributed by atoms with van der Waals surface area (Å²) < 4.78 is 0. The topological polar surface area (TPSA) is 207 Å². The van der Waals surface area contributed by atoms with Crippen molar-refractivity contribution in [2.45, 2.75) is 57.3 Å². The van der Waals surface area contributed by atoms with Gasteiger partial charge in [0.05, 0.1) is 6.04 Å². The van der Waals surface area contributed by atoms with E-state index in [9.17, 15) is 34.5 Å². The highest BCUT2D eigenvalue weighted by Crippen LogP contribution is 2.20. The molecule has 12 heteroatoms. The van der Waals surface area contributed by atoms with Crippen LogP contribution in [0.3, 0.4) is 0 Å². The van der Waals surface area contributed by atoms with Gasteiger partial charge in [0.25, 0.3) is 0 Å². The highest BCUT2D eigenvalue weighted by molar-refractivity contribution is 5.94. The third kappa shape index (κ3) is 8.85. The van der Waals surface area contributed by atoms with E-state index < -0.39 is 53.8 Å². The van der Waals surface area contributed by atoms with E-state index in [1.165, 1.54) is 24.3 Å². The van der Waals surface area contributed by atoms with Gasteiger partial charge in [-0.25, -0.2) is 4.79 Å². The number of para-hydroxylation sites is 1. The number of fused-ring (bicyclic) bond motifs is 1. The first-order valence-corrected chi connectivity index (χ1v) is 14.9. The molecule has 3 amide bonds. The van der Waals surface area contributed by atoms with Crippen LogP contribution in [0.4, 0.5) is 0 Å². The standard InChI is InChI=1S/C34H39N5O7/c1-19(2)30(39-31(42)26(35)15-20-7-11-23(40)12-8-20)33(44)37-28(16-21-9-13-24(41)14-10-21)32(43)38-29(34(45)46)17-22-18-36-27-6-4-3-5-25(22)27/h3-14,18-19,26,28-30,36,40-41H,15-17,35H2,1-2H3,(H,37,44)(H,38,43)(H,39,42)(H,45,46). The molecule has 9 N–H and O–H groups in total. The number of carbonyl (C=O) groups is 4. The number of rotatable bonds is 14. The number of amides is 3. The minimum atomic E-state index is -1.30. The Hall–Kier alpha value is -5.36. The van der Waals surface area contributed by atoms with Crippen LogP contribution in [0, 0.1) is 5.92 Å². The fourth-order valence-corrected chi connectivity index (χ4v) is 5.11. The minimum absolute atomic E-state index is 0.00540. The first-order chi connectivity index (χ1) is 21.9. The Bertz CT molecular complexity index is 1670. The zero-order chi connectivity index (χ0) is 33.4. The molecule has 1 heterocycles. The third-order valence-corrected chi connectivity index (χ3v) is 7.70. The van der Waals surface area contributed by atoms with Crippen LogP contribution in [-0.4, -0.2) is 68.2 Å². The molecule has 0 aliphatic heterocycles. The lowest BCUT2D eigenvalue weighted by molar-refractivity contribution is -0.142. The van der Waals surface area contributed by atoms with Crippen LogP contribution in [0.1, 0.15) is 30.5 Å². The number of phenols is 2. The zero-order valence-corrected chi connectivity index (χ0v) is 25.6. The van der Waals surface area contributed by atoms with Crippen molar-refractivity contribution in [2.75, 3.05) is 0 Å². The quantitative estimate of drug-likeness (QED) is 0.103. The van der Waals surface area contributed by atoms with E-state index in [1.54, 1.807) is 44.3 Å². The number of aromatic hydroxyl groups is 2. The zero-order valence-electron chi connectivity index (χ0n) is 25.6. The Morgan fingerprint density at radius 2 is 1.28 bits per heavy atom. The van der Waals surface area contributed by atoms with Gasteiger partial charge in [0.2, 0.25) is 17.7 Å². The van der Waals surface area contributed by atoms with Crippen molar-refractivity contribution in [3.63, 3.8) is 0 Å². The molecule has 0 saturated carbocycles. The summed E-state index contributed by atoms with van der Waals surface area (Å²) in [7, 11) is 0. The smallest absolute Gasteiger partial charge is 0.326 e. The molecular weight excluding hydrogens is 590 g/mol. The largest absolute Gasteiger partial charge is 0.508 e. The maximum absolute atomic E-state index is 13.6. The molecule has 3 aromatic carbocycles. The molecule has 0 bridgehead atoms. The van der Waals surface area contributed by atoms with Crippen molar-refractivity contribution >= 4 is 34.6 Å². The van der Waals surface area contributed by atoms with E-state index in [-0.39, 0.29) is 30.8 Å². The second-order valence-electron chi connectivity index (χ2n) is 11.6. The first-order valence-electron chi connectivity index (χ1n) is 14.9. The molecule has 4 unspecified atom stereocenters. The molecule has 46 heavy (non-hydrogen) atoms. The van der Waals surface area contributed by atoms with Gasteiger partial charge < -0.3 is 42.0 Å². The molecule has 12 nitrogen and oxygen atoms in total. The molecule has 0 aliphatic carbocycles. The van der Waals surface area contributed by atoms with Crippen molar-refractivity contribution in [3.8, 4) is 11.5 Å². The number of carboxylic acids is 1. The van der Waals surface area contributed by atoms with Crippen LogP contribution >= 0.6 is 0 Å². The van der Waals surface area contributed by atoms with Gasteiger partial charge in [-0.1, -0.05) is 56.3 Å². The number of H-pyrrole nitrogens is 1. The van der Waals surface area contributed by atoms with E-state index in [0.29, 0.717) is 11.1 Å². The summed E-state index contributed by atoms with van der Waals surface area (Å²) in [6.07, 6.45) is 1.84. The van der Waals surface area contributed by atoms with E-state index in [4.69, 9.17) is 5.73 Å². The Morgan fingerprint density at radius 3 is 1.87 bits per heavy atom. The highest BCUT2D eigenvalue weighted by atomic mass is 16.4. The maximum Gasteiger partial charge on any atom is 0.326 e. The molecule has 1 aromatic heterocycles. The van der Waals surface area contributed by atoms with Gasteiger partial charge in [0.15, 0.2) is 0 Å². The van der Waals surface area contributed by atoms with Crippen LogP contribution in [-0.2, 0) is 38.4 Å². The second-order valence-corrected chi connectivity index (χ2v) is 11.6. The molecule has 4 aromatic rings. The molecule has 4 atom stereocenters. The van der Waals surface area contributed by atoms with Crippen molar-refractivity contribution < 1.29 is 34.5 Å². The fraction of sp³-hybridized carbons (Fsp3) is 0.294. The van der Waals surface area contributed by atoms with Crippen LogP contribution in [0.2, 0.25) is 0 Å². The van der Waals surface area contributed by atoms with Gasteiger partial charge in [-0.05, 0) is 59.4 Å². The summed E-state index contributed by atoms with van der Waals surface area (Å²) in [6, 6.07) is 15.2. The average molecular weight is 630 g/mol. The summed E-state index contributed by atoms with van der Waals surface area (Å²) in [5.41, 5.74) is 8.98. The maximum atomic E-state index is 13.6.